The lowest BCUT2D eigenvalue weighted by Crippen LogP contribution is -2.67. The lowest BCUT2D eigenvalue weighted by molar-refractivity contribution is -0.308. The number of rotatable bonds is 3. The number of methoxy groups -OCH3 is 1. The third-order valence-corrected chi connectivity index (χ3v) is 15.1. The zero-order chi connectivity index (χ0) is 32.3. The Morgan fingerprint density at radius 1 is 0.864 bits per heavy atom. The van der Waals surface area contributed by atoms with Gasteiger partial charge in [-0.1, -0.05) is 60.1 Å². The number of allylic oxidation sites excluding steroid dienone is 1. The Kier molecular flexibility index (Phi) is 7.84. The molecule has 13 atom stereocenters. The molecule has 0 radical (unpaired) electrons. The number of esters is 1. The largest absolute Gasteiger partial charge is 0.469 e. The number of hydrogen-bond donors (Lipinski definition) is 4. The standard InChI is InChI=1S/C36H58O8/c1-31(2)15-17-36(30(41)42-8)18-16-34(6)20(25(36)28(31)40)9-10-23-33(5)13-12-24(32(3,4)22(33)11-14-35(23,34)7)44-29-27(39)26(38)21(37)19-43-29/h9,21-29,37-40H,10-19H2,1-8H3/t21-,22+,23-,24+,25-,26+,27-,28+,29+,33+,34-,35-,36+/m1/s1. The van der Waals surface area contributed by atoms with Gasteiger partial charge >= 0.3 is 5.97 Å². The van der Waals surface area contributed by atoms with Gasteiger partial charge in [-0.3, -0.25) is 4.79 Å². The molecule has 250 valence electrons. The van der Waals surface area contributed by atoms with E-state index in [-0.39, 0.29) is 51.7 Å². The molecule has 0 aromatic carbocycles. The molecule has 0 amide bonds. The number of hydrogen-bond acceptors (Lipinski definition) is 8. The Morgan fingerprint density at radius 3 is 2.23 bits per heavy atom. The zero-order valence-electron chi connectivity index (χ0n) is 28.3. The highest BCUT2D eigenvalue weighted by Crippen LogP contribution is 2.76. The highest BCUT2D eigenvalue weighted by molar-refractivity contribution is 5.79. The van der Waals surface area contributed by atoms with E-state index in [4.69, 9.17) is 14.2 Å². The van der Waals surface area contributed by atoms with Crippen LogP contribution in [0.5, 0.6) is 0 Å². The second-order valence-corrected chi connectivity index (χ2v) is 17.6. The van der Waals surface area contributed by atoms with E-state index in [1.165, 1.54) is 12.7 Å². The molecule has 6 rings (SSSR count). The summed E-state index contributed by atoms with van der Waals surface area (Å²) >= 11 is 0. The van der Waals surface area contributed by atoms with Gasteiger partial charge in [0.05, 0.1) is 31.3 Å². The van der Waals surface area contributed by atoms with E-state index >= 15 is 0 Å². The van der Waals surface area contributed by atoms with Gasteiger partial charge in [-0.25, -0.2) is 0 Å². The van der Waals surface area contributed by atoms with E-state index in [9.17, 15) is 25.2 Å². The molecule has 44 heavy (non-hydrogen) atoms. The van der Waals surface area contributed by atoms with Gasteiger partial charge in [-0.15, -0.1) is 0 Å². The highest BCUT2D eigenvalue weighted by atomic mass is 16.7. The lowest BCUT2D eigenvalue weighted by atomic mass is 9.33. The molecule has 5 fully saturated rings. The van der Waals surface area contributed by atoms with Gasteiger partial charge in [-0.05, 0) is 96.7 Å². The van der Waals surface area contributed by atoms with E-state index in [1.807, 2.05) is 0 Å². The van der Waals surface area contributed by atoms with Crippen LogP contribution < -0.4 is 0 Å². The number of ether oxygens (including phenoxy) is 3. The third kappa shape index (κ3) is 4.26. The first kappa shape index (κ1) is 32.9. The van der Waals surface area contributed by atoms with Crippen LogP contribution in [0.4, 0.5) is 0 Å². The number of carbonyl (C=O) groups excluding carboxylic acids is 1. The summed E-state index contributed by atoms with van der Waals surface area (Å²) in [6.07, 6.45) is 5.15. The predicted octanol–water partition coefficient (Wildman–Crippen LogP) is 4.76. The fraction of sp³-hybridized carbons (Fsp3) is 0.917. The number of fused-ring (bicyclic) bond motifs is 7. The lowest BCUT2D eigenvalue weighted by Gasteiger charge is -2.71. The maximum absolute atomic E-state index is 13.5. The first-order valence-corrected chi connectivity index (χ1v) is 17.2. The molecule has 0 bridgehead atoms. The summed E-state index contributed by atoms with van der Waals surface area (Å²) in [7, 11) is 1.50. The van der Waals surface area contributed by atoms with Crippen molar-refractivity contribution in [3.63, 3.8) is 0 Å². The fourth-order valence-electron chi connectivity index (χ4n) is 12.1. The molecule has 8 nitrogen and oxygen atoms in total. The average molecular weight is 619 g/mol. The summed E-state index contributed by atoms with van der Waals surface area (Å²) in [5.41, 5.74) is 0.120. The maximum Gasteiger partial charge on any atom is 0.312 e. The SMILES string of the molecule is COC(=O)[C@]12CCC(C)(C)[C@@H](O)[C@H]1C1=CC[C@@H]3[C@@]4(C)CC[C@H](O[C@@H]5OC[C@@H](O)[C@H](O)[C@H]5O)C(C)(C)[C@@H]4CC[C@@]3(C)[C@]1(C)CC2. The molecule has 1 heterocycles. The van der Waals surface area contributed by atoms with E-state index in [2.05, 4.69) is 54.5 Å². The summed E-state index contributed by atoms with van der Waals surface area (Å²) in [5, 5.41) is 42.8. The Labute approximate surface area is 263 Å². The van der Waals surface area contributed by atoms with Gasteiger partial charge in [0.25, 0.3) is 0 Å². The van der Waals surface area contributed by atoms with Gasteiger partial charge in [0.1, 0.15) is 18.3 Å². The second kappa shape index (κ2) is 10.5. The van der Waals surface area contributed by atoms with Crippen LogP contribution in [0.2, 0.25) is 0 Å². The molecule has 5 aliphatic carbocycles. The molecule has 0 aromatic heterocycles. The van der Waals surface area contributed by atoms with Crippen molar-refractivity contribution in [2.45, 2.75) is 143 Å². The molecule has 0 aromatic rings. The van der Waals surface area contributed by atoms with Crippen molar-refractivity contribution in [1.82, 2.24) is 0 Å². The highest BCUT2D eigenvalue weighted by Gasteiger charge is 2.71. The van der Waals surface area contributed by atoms with Gasteiger partial charge in [-0.2, -0.15) is 0 Å². The van der Waals surface area contributed by atoms with Crippen LogP contribution in [0.25, 0.3) is 0 Å². The third-order valence-electron chi connectivity index (χ3n) is 15.1. The minimum Gasteiger partial charge on any atom is -0.469 e. The minimum atomic E-state index is -1.29. The molecule has 6 aliphatic rings. The van der Waals surface area contributed by atoms with Crippen LogP contribution >= 0.6 is 0 Å². The van der Waals surface area contributed by atoms with Gasteiger partial charge in [0.15, 0.2) is 6.29 Å². The topological polar surface area (TPSA) is 126 Å². The molecule has 1 aliphatic heterocycles. The molecule has 1 saturated heterocycles. The van der Waals surface area contributed by atoms with Crippen molar-refractivity contribution in [3.8, 4) is 0 Å². The normalized spacial score (nSPS) is 52.8. The van der Waals surface area contributed by atoms with Crippen LogP contribution in [0, 0.1) is 50.2 Å². The predicted molar refractivity (Wildman–Crippen MR) is 165 cm³/mol. The zero-order valence-corrected chi connectivity index (χ0v) is 28.3. The van der Waals surface area contributed by atoms with Crippen molar-refractivity contribution in [1.29, 1.82) is 0 Å². The van der Waals surface area contributed by atoms with Crippen molar-refractivity contribution < 1.29 is 39.4 Å². The van der Waals surface area contributed by atoms with E-state index < -0.39 is 36.1 Å². The molecule has 4 saturated carbocycles. The summed E-state index contributed by atoms with van der Waals surface area (Å²) in [6, 6.07) is 0. The minimum absolute atomic E-state index is 0.0125. The van der Waals surface area contributed by atoms with Crippen molar-refractivity contribution in [3.05, 3.63) is 11.6 Å². The van der Waals surface area contributed by atoms with Crippen LogP contribution in [0.15, 0.2) is 11.6 Å². The van der Waals surface area contributed by atoms with Crippen LogP contribution in [-0.2, 0) is 19.0 Å². The molecular weight excluding hydrogens is 560 g/mol. The molecule has 0 unspecified atom stereocenters. The van der Waals surface area contributed by atoms with E-state index in [1.54, 1.807) is 0 Å². The number of aliphatic hydroxyl groups is 4. The Balaban J connectivity index is 1.32. The summed E-state index contributed by atoms with van der Waals surface area (Å²) in [6.45, 7) is 16.3. The van der Waals surface area contributed by atoms with Crippen LogP contribution in [0.1, 0.15) is 106 Å². The summed E-state index contributed by atoms with van der Waals surface area (Å²) in [5.74, 6) is 0.448. The molecule has 8 heteroatoms. The smallest absolute Gasteiger partial charge is 0.312 e. The Hall–Kier alpha value is -1.03. The molecule has 0 spiro atoms. The summed E-state index contributed by atoms with van der Waals surface area (Å²) < 4.78 is 17.6. The average Bonchev–Trinajstić information content (AvgIpc) is 2.96. The van der Waals surface area contributed by atoms with Gasteiger partial charge < -0.3 is 34.6 Å². The monoisotopic (exact) mass is 618 g/mol. The molecular formula is C36H58O8. The van der Waals surface area contributed by atoms with Gasteiger partial charge in [0, 0.05) is 5.92 Å². The second-order valence-electron chi connectivity index (χ2n) is 17.6. The first-order valence-electron chi connectivity index (χ1n) is 17.2. The van der Waals surface area contributed by atoms with Gasteiger partial charge in [0.2, 0.25) is 0 Å². The van der Waals surface area contributed by atoms with Crippen LogP contribution in [-0.4, -0.2) is 76.9 Å². The van der Waals surface area contributed by atoms with Crippen molar-refractivity contribution in [2.75, 3.05) is 13.7 Å². The van der Waals surface area contributed by atoms with Crippen molar-refractivity contribution >= 4 is 5.97 Å². The van der Waals surface area contributed by atoms with E-state index in [0.717, 1.165) is 57.8 Å². The quantitative estimate of drug-likeness (QED) is 0.203. The number of carbonyl (C=O) groups is 1. The van der Waals surface area contributed by atoms with E-state index in [0.29, 0.717) is 11.8 Å². The van der Waals surface area contributed by atoms with Crippen molar-refractivity contribution in [2.24, 2.45) is 50.2 Å². The van der Waals surface area contributed by atoms with Crippen LogP contribution in [0.3, 0.4) is 0 Å². The Morgan fingerprint density at radius 2 is 1.55 bits per heavy atom. The molecule has 4 N–H and O–H groups in total. The fourth-order valence-corrected chi connectivity index (χ4v) is 12.1. The first-order chi connectivity index (χ1) is 20.4. The summed E-state index contributed by atoms with van der Waals surface area (Å²) in [4.78, 5) is 13.5. The maximum atomic E-state index is 13.5. The number of aliphatic hydroxyl groups excluding tert-OH is 4. The Bertz CT molecular complexity index is 1180.